The van der Waals surface area contributed by atoms with Gasteiger partial charge in [-0.1, -0.05) is 18.7 Å². The van der Waals surface area contributed by atoms with Gasteiger partial charge in [0.05, 0.1) is 6.10 Å². The number of hydrogen-bond donors (Lipinski definition) is 0. The van der Waals surface area contributed by atoms with Gasteiger partial charge in [0.15, 0.2) is 0 Å². The van der Waals surface area contributed by atoms with Crippen LogP contribution in [-0.2, 0) is 4.74 Å². The van der Waals surface area contributed by atoms with Crippen molar-refractivity contribution in [3.8, 4) is 0 Å². The van der Waals surface area contributed by atoms with Crippen LogP contribution >= 0.6 is 0 Å². The van der Waals surface area contributed by atoms with Gasteiger partial charge in [-0.05, 0) is 12.8 Å². The van der Waals surface area contributed by atoms with E-state index in [0.29, 0.717) is 12.8 Å². The van der Waals surface area contributed by atoms with Crippen LogP contribution in [0.5, 0.6) is 0 Å². The number of methoxy groups -OCH3 is 1. The molecule has 0 aromatic heterocycles. The van der Waals surface area contributed by atoms with Crippen LogP contribution in [0.4, 0.5) is 12.9 Å². The van der Waals surface area contributed by atoms with Crippen LogP contribution in [0.25, 0.3) is 0 Å². The van der Waals surface area contributed by atoms with Gasteiger partial charge in [0.2, 0.25) is 0 Å². The van der Waals surface area contributed by atoms with Crippen LogP contribution in [0.1, 0.15) is 25.7 Å². The van der Waals surface area contributed by atoms with Crippen molar-refractivity contribution < 1.29 is 69.1 Å². The average molecular weight is 220 g/mol. The number of ether oxygens (including phenoxy) is 1. The van der Waals surface area contributed by atoms with Gasteiger partial charge >= 0.3 is 58.4 Å². The van der Waals surface area contributed by atoms with E-state index in [2.05, 4.69) is 0 Å². The molecule has 0 spiro atoms. The summed E-state index contributed by atoms with van der Waals surface area (Å²) in [6.45, 7) is -4.64. The molecule has 1 nitrogen and oxygen atoms in total. The van der Waals surface area contributed by atoms with Gasteiger partial charge in [0, 0.05) is 7.11 Å². The predicted octanol–water partition coefficient (Wildman–Crippen LogP) is -0.203. The zero-order chi connectivity index (χ0) is 9.19. The van der Waals surface area contributed by atoms with Crippen LogP contribution in [0.15, 0.2) is 0 Å². The Labute approximate surface area is 119 Å². The van der Waals surface area contributed by atoms with Gasteiger partial charge in [-0.3, -0.25) is 0 Å². The van der Waals surface area contributed by atoms with Gasteiger partial charge in [0.1, 0.15) is 0 Å². The molecule has 0 bridgehead atoms. The summed E-state index contributed by atoms with van der Waals surface area (Å²) < 4.78 is 41.7. The molecule has 1 rings (SSSR count). The van der Waals surface area contributed by atoms with Crippen LogP contribution in [-0.4, -0.2) is 20.2 Å². The zero-order valence-corrected chi connectivity index (χ0v) is 11.2. The molecule has 72 valence electrons. The Morgan fingerprint density at radius 2 is 1.85 bits per heavy atom. The average Bonchev–Trinajstić information content (AvgIpc) is 2.03. The maximum absolute atomic E-state index is 12.3. The van der Waals surface area contributed by atoms with Gasteiger partial charge in [0.25, 0.3) is 0 Å². The molecule has 13 heavy (non-hydrogen) atoms. The zero-order valence-electron chi connectivity index (χ0n) is 8.10. The minimum absolute atomic E-state index is 0. The minimum atomic E-state index is -4.64. The van der Waals surface area contributed by atoms with E-state index in [9.17, 15) is 12.9 Å². The standard InChI is InChI=1S/C7H13BF3O.K/c1-12-7-4-2-3-6(5-7)8(9,10)11;/h6-7H,2-5H2,1H3;/q-1;+1. The van der Waals surface area contributed by atoms with E-state index in [1.54, 1.807) is 0 Å². The molecule has 0 aromatic carbocycles. The third kappa shape index (κ3) is 4.66. The van der Waals surface area contributed by atoms with Crippen molar-refractivity contribution in [3.63, 3.8) is 0 Å². The van der Waals surface area contributed by atoms with E-state index < -0.39 is 12.8 Å². The predicted molar refractivity (Wildman–Crippen MR) is 42.1 cm³/mol. The monoisotopic (exact) mass is 220 g/mol. The fourth-order valence-corrected chi connectivity index (χ4v) is 1.74. The van der Waals surface area contributed by atoms with E-state index in [4.69, 9.17) is 4.74 Å². The molecule has 1 fully saturated rings. The van der Waals surface area contributed by atoms with Crippen LogP contribution < -0.4 is 51.4 Å². The van der Waals surface area contributed by atoms with E-state index >= 15 is 0 Å². The smallest absolute Gasteiger partial charge is 0.449 e. The Hall–Kier alpha value is 1.45. The molecule has 0 heterocycles. The third-order valence-electron chi connectivity index (χ3n) is 2.53. The van der Waals surface area contributed by atoms with Gasteiger partial charge in [-0.25, -0.2) is 0 Å². The third-order valence-corrected chi connectivity index (χ3v) is 2.53. The molecule has 2 unspecified atom stereocenters. The molecule has 1 aliphatic rings. The van der Waals surface area contributed by atoms with Crippen LogP contribution in [0.3, 0.4) is 0 Å². The maximum atomic E-state index is 12.3. The maximum Gasteiger partial charge on any atom is 1.00 e. The van der Waals surface area contributed by atoms with Crippen molar-refractivity contribution in [2.45, 2.75) is 37.6 Å². The van der Waals surface area contributed by atoms with Crippen molar-refractivity contribution in [2.75, 3.05) is 7.11 Å². The first kappa shape index (κ1) is 14.5. The molecule has 1 saturated carbocycles. The van der Waals surface area contributed by atoms with E-state index in [1.807, 2.05) is 0 Å². The second kappa shape index (κ2) is 6.13. The van der Waals surface area contributed by atoms with Crippen LogP contribution in [0.2, 0.25) is 5.82 Å². The Morgan fingerprint density at radius 3 is 2.31 bits per heavy atom. The largest absolute Gasteiger partial charge is 1.00 e. The topological polar surface area (TPSA) is 9.23 Å². The Balaban J connectivity index is 0.00000144. The van der Waals surface area contributed by atoms with Gasteiger partial charge in [-0.2, -0.15) is 0 Å². The summed E-state index contributed by atoms with van der Waals surface area (Å²) in [5, 5.41) is 0. The summed E-state index contributed by atoms with van der Waals surface area (Å²) in [5.74, 6) is -1.08. The Morgan fingerprint density at radius 1 is 1.23 bits per heavy atom. The van der Waals surface area contributed by atoms with E-state index in [1.165, 1.54) is 7.11 Å². The molecule has 1 aliphatic carbocycles. The van der Waals surface area contributed by atoms with Crippen LogP contribution in [0, 0.1) is 0 Å². The second-order valence-electron chi connectivity index (χ2n) is 3.41. The summed E-state index contributed by atoms with van der Waals surface area (Å²) in [6.07, 6.45) is 1.71. The minimum Gasteiger partial charge on any atom is -0.449 e. The van der Waals surface area contributed by atoms with Crippen molar-refractivity contribution in [2.24, 2.45) is 0 Å². The molecule has 0 amide bonds. The Kier molecular flexibility index (Phi) is 6.81. The molecule has 0 aliphatic heterocycles. The fourth-order valence-electron chi connectivity index (χ4n) is 1.74. The number of hydrogen-bond acceptors (Lipinski definition) is 1. The van der Waals surface area contributed by atoms with Gasteiger partial charge in [-0.15, -0.1) is 0 Å². The number of halogens is 3. The molecule has 0 saturated heterocycles. The molecular formula is C7H13BF3KO. The molecule has 6 heteroatoms. The Bertz CT molecular complexity index is 153. The molecule has 0 radical (unpaired) electrons. The van der Waals surface area contributed by atoms with Crippen molar-refractivity contribution in [1.82, 2.24) is 0 Å². The summed E-state index contributed by atoms with van der Waals surface area (Å²) in [6, 6.07) is 0. The summed E-state index contributed by atoms with van der Waals surface area (Å²) >= 11 is 0. The summed E-state index contributed by atoms with van der Waals surface area (Å²) in [5.41, 5.74) is 0. The van der Waals surface area contributed by atoms with E-state index in [-0.39, 0.29) is 63.9 Å². The molecule has 0 N–H and O–H groups in total. The van der Waals surface area contributed by atoms with Crippen molar-refractivity contribution >= 4 is 6.98 Å². The summed E-state index contributed by atoms with van der Waals surface area (Å²) in [4.78, 5) is 0. The molecular weight excluding hydrogens is 207 g/mol. The number of rotatable bonds is 2. The SMILES string of the molecule is COC1CCCC([B-](F)(F)F)C1.[K+]. The first-order valence-electron chi connectivity index (χ1n) is 4.26. The molecule has 2 atom stereocenters. The van der Waals surface area contributed by atoms with Crippen molar-refractivity contribution in [1.29, 1.82) is 0 Å². The van der Waals surface area contributed by atoms with E-state index in [0.717, 1.165) is 6.42 Å². The second-order valence-corrected chi connectivity index (χ2v) is 3.41. The normalized spacial score (nSPS) is 29.5. The van der Waals surface area contributed by atoms with Gasteiger partial charge < -0.3 is 17.7 Å². The molecule has 0 aromatic rings. The fraction of sp³-hybridized carbons (Fsp3) is 1.00. The summed E-state index contributed by atoms with van der Waals surface area (Å²) in [7, 11) is 1.48. The quantitative estimate of drug-likeness (QED) is 0.585. The van der Waals surface area contributed by atoms with Crippen molar-refractivity contribution in [3.05, 3.63) is 0 Å². The first-order chi connectivity index (χ1) is 5.54. The first-order valence-corrected chi connectivity index (χ1v) is 4.26.